The smallest absolute Gasteiger partial charge is 0.227 e. The molecule has 138 valence electrons. The van der Waals surface area contributed by atoms with Gasteiger partial charge >= 0.3 is 0 Å². The van der Waals surface area contributed by atoms with Gasteiger partial charge < -0.3 is 15.3 Å². The van der Waals surface area contributed by atoms with Gasteiger partial charge in [-0.25, -0.2) is 0 Å². The second-order valence-electron chi connectivity index (χ2n) is 6.87. The molecule has 0 bridgehead atoms. The highest BCUT2D eigenvalue weighted by atomic mass is 32.1. The van der Waals surface area contributed by atoms with Crippen LogP contribution in [0.15, 0.2) is 41.1 Å². The van der Waals surface area contributed by atoms with Crippen LogP contribution in [0.4, 0.5) is 5.69 Å². The van der Waals surface area contributed by atoms with Crippen molar-refractivity contribution in [1.29, 1.82) is 0 Å². The SMILES string of the molecule is Cc1ccc(N2C[C@H](C(=O)NC[C@H](CO)Cc3ccsc3)CC2=O)cc1. The van der Waals surface area contributed by atoms with Crippen molar-refractivity contribution >= 4 is 28.8 Å². The Labute approximate surface area is 157 Å². The zero-order chi connectivity index (χ0) is 18.5. The lowest BCUT2D eigenvalue weighted by molar-refractivity contribution is -0.126. The summed E-state index contributed by atoms with van der Waals surface area (Å²) in [4.78, 5) is 26.4. The first kappa shape index (κ1) is 18.6. The van der Waals surface area contributed by atoms with E-state index in [0.29, 0.717) is 13.1 Å². The van der Waals surface area contributed by atoms with Crippen LogP contribution in [0.5, 0.6) is 0 Å². The lowest BCUT2D eigenvalue weighted by Gasteiger charge is -2.18. The Morgan fingerprint density at radius 3 is 2.77 bits per heavy atom. The number of thiophene rings is 1. The van der Waals surface area contributed by atoms with Gasteiger partial charge in [0.25, 0.3) is 0 Å². The summed E-state index contributed by atoms with van der Waals surface area (Å²) in [6, 6.07) is 9.79. The molecule has 0 unspecified atom stereocenters. The molecule has 1 aromatic heterocycles. The molecule has 2 aromatic rings. The van der Waals surface area contributed by atoms with E-state index in [9.17, 15) is 14.7 Å². The third-order valence-electron chi connectivity index (χ3n) is 4.77. The van der Waals surface area contributed by atoms with Crippen molar-refractivity contribution in [3.63, 3.8) is 0 Å². The number of aliphatic hydroxyl groups excluding tert-OH is 1. The van der Waals surface area contributed by atoms with Gasteiger partial charge in [0, 0.05) is 37.7 Å². The Kier molecular flexibility index (Phi) is 6.06. The molecular weight excluding hydrogens is 348 g/mol. The summed E-state index contributed by atoms with van der Waals surface area (Å²) in [5.41, 5.74) is 3.14. The minimum absolute atomic E-state index is 0.0149. The highest BCUT2D eigenvalue weighted by Gasteiger charge is 2.35. The van der Waals surface area contributed by atoms with Crippen molar-refractivity contribution in [2.24, 2.45) is 11.8 Å². The molecule has 0 spiro atoms. The summed E-state index contributed by atoms with van der Waals surface area (Å²) >= 11 is 1.62. The molecule has 1 fully saturated rings. The monoisotopic (exact) mass is 372 g/mol. The van der Waals surface area contributed by atoms with Gasteiger partial charge in [-0.1, -0.05) is 17.7 Å². The average Bonchev–Trinajstić information content (AvgIpc) is 3.28. The predicted octanol–water partition coefficient (Wildman–Crippen LogP) is 2.38. The zero-order valence-corrected chi connectivity index (χ0v) is 15.7. The van der Waals surface area contributed by atoms with E-state index in [0.717, 1.165) is 17.7 Å². The molecule has 1 aliphatic heterocycles. The normalized spacial score (nSPS) is 18.2. The van der Waals surface area contributed by atoms with E-state index in [-0.39, 0.29) is 36.7 Å². The minimum atomic E-state index is -0.343. The van der Waals surface area contributed by atoms with Crippen molar-refractivity contribution in [1.82, 2.24) is 5.32 Å². The molecule has 0 aliphatic carbocycles. The van der Waals surface area contributed by atoms with E-state index in [4.69, 9.17) is 0 Å². The maximum atomic E-state index is 12.5. The molecule has 5 nitrogen and oxygen atoms in total. The minimum Gasteiger partial charge on any atom is -0.396 e. The number of aryl methyl sites for hydroxylation is 1. The number of nitrogens with one attached hydrogen (secondary N) is 1. The standard InChI is InChI=1S/C20H24N2O3S/c1-14-2-4-18(5-3-14)22-11-17(9-19(22)24)20(25)21-10-16(12-23)8-15-6-7-26-13-15/h2-7,13,16-17,23H,8-12H2,1H3,(H,21,25)/t16-,17-/m1/s1. The highest BCUT2D eigenvalue weighted by molar-refractivity contribution is 7.07. The first-order valence-corrected chi connectivity index (χ1v) is 9.77. The van der Waals surface area contributed by atoms with Crippen LogP contribution >= 0.6 is 11.3 Å². The molecule has 6 heteroatoms. The van der Waals surface area contributed by atoms with Gasteiger partial charge in [0.15, 0.2) is 0 Å². The largest absolute Gasteiger partial charge is 0.396 e. The van der Waals surface area contributed by atoms with Crippen LogP contribution in [-0.2, 0) is 16.0 Å². The Hall–Kier alpha value is -2.18. The summed E-state index contributed by atoms with van der Waals surface area (Å²) in [6.07, 6.45) is 0.966. The number of rotatable bonds is 7. The van der Waals surface area contributed by atoms with Gasteiger partial charge in [-0.3, -0.25) is 9.59 Å². The average molecular weight is 372 g/mol. The van der Waals surface area contributed by atoms with Crippen LogP contribution in [-0.4, -0.2) is 36.6 Å². The van der Waals surface area contributed by atoms with E-state index in [2.05, 4.69) is 10.7 Å². The zero-order valence-electron chi connectivity index (χ0n) is 14.9. The number of carbonyl (C=O) groups is 2. The first-order valence-electron chi connectivity index (χ1n) is 8.83. The highest BCUT2D eigenvalue weighted by Crippen LogP contribution is 2.25. The van der Waals surface area contributed by atoms with E-state index in [1.54, 1.807) is 16.2 Å². The summed E-state index contributed by atoms with van der Waals surface area (Å²) in [7, 11) is 0. The molecule has 1 aliphatic rings. The molecule has 0 saturated carbocycles. The third kappa shape index (κ3) is 4.51. The van der Waals surface area contributed by atoms with Gasteiger partial charge in [0.2, 0.25) is 11.8 Å². The van der Waals surface area contributed by atoms with Crippen molar-refractivity contribution in [3.8, 4) is 0 Å². The second-order valence-corrected chi connectivity index (χ2v) is 7.65. The Balaban J connectivity index is 1.53. The fraction of sp³-hybridized carbons (Fsp3) is 0.400. The van der Waals surface area contributed by atoms with Gasteiger partial charge in [-0.05, 0) is 47.9 Å². The van der Waals surface area contributed by atoms with Gasteiger partial charge in [-0.2, -0.15) is 11.3 Å². The molecule has 26 heavy (non-hydrogen) atoms. The van der Waals surface area contributed by atoms with Gasteiger partial charge in [0.05, 0.1) is 5.92 Å². The van der Waals surface area contributed by atoms with E-state index < -0.39 is 0 Å². The van der Waals surface area contributed by atoms with E-state index in [1.165, 1.54) is 5.56 Å². The molecule has 0 radical (unpaired) electrons. The lowest BCUT2D eigenvalue weighted by atomic mass is 10.0. The number of anilines is 1. The third-order valence-corrected chi connectivity index (χ3v) is 5.50. The van der Waals surface area contributed by atoms with Crippen molar-refractivity contribution in [3.05, 3.63) is 52.2 Å². The lowest BCUT2D eigenvalue weighted by Crippen LogP contribution is -2.37. The van der Waals surface area contributed by atoms with Gasteiger partial charge in [0.1, 0.15) is 0 Å². The number of benzene rings is 1. The van der Waals surface area contributed by atoms with Crippen molar-refractivity contribution in [2.45, 2.75) is 19.8 Å². The second kappa shape index (κ2) is 8.47. The summed E-state index contributed by atoms with van der Waals surface area (Å²) in [5.74, 6) is -0.495. The number of nitrogens with zero attached hydrogens (tertiary/aromatic N) is 1. The van der Waals surface area contributed by atoms with Crippen molar-refractivity contribution < 1.29 is 14.7 Å². The van der Waals surface area contributed by atoms with Crippen LogP contribution < -0.4 is 10.2 Å². The molecular formula is C20H24N2O3S. The van der Waals surface area contributed by atoms with Gasteiger partial charge in [-0.15, -0.1) is 0 Å². The summed E-state index contributed by atoms with van der Waals surface area (Å²) in [6.45, 7) is 2.84. The van der Waals surface area contributed by atoms with E-state index >= 15 is 0 Å². The van der Waals surface area contributed by atoms with E-state index in [1.807, 2.05) is 42.6 Å². The van der Waals surface area contributed by atoms with Crippen LogP contribution in [0.3, 0.4) is 0 Å². The maximum Gasteiger partial charge on any atom is 0.227 e. The maximum absolute atomic E-state index is 12.5. The quantitative estimate of drug-likeness (QED) is 0.784. The summed E-state index contributed by atoms with van der Waals surface area (Å²) < 4.78 is 0. The predicted molar refractivity (Wildman–Crippen MR) is 103 cm³/mol. The van der Waals surface area contributed by atoms with Crippen LogP contribution in [0.2, 0.25) is 0 Å². The fourth-order valence-corrected chi connectivity index (χ4v) is 3.87. The number of hydrogen-bond acceptors (Lipinski definition) is 4. The topological polar surface area (TPSA) is 69.6 Å². The number of carbonyl (C=O) groups excluding carboxylic acids is 2. The Morgan fingerprint density at radius 1 is 1.35 bits per heavy atom. The number of aliphatic hydroxyl groups is 1. The number of amides is 2. The molecule has 1 aromatic carbocycles. The Morgan fingerprint density at radius 2 is 2.12 bits per heavy atom. The Bertz CT molecular complexity index is 743. The first-order chi connectivity index (χ1) is 12.6. The van der Waals surface area contributed by atoms with Crippen LogP contribution in [0.1, 0.15) is 17.5 Å². The molecule has 2 heterocycles. The van der Waals surface area contributed by atoms with Crippen LogP contribution in [0, 0.1) is 18.8 Å². The van der Waals surface area contributed by atoms with Crippen molar-refractivity contribution in [2.75, 3.05) is 24.6 Å². The van der Waals surface area contributed by atoms with Crippen LogP contribution in [0.25, 0.3) is 0 Å². The molecule has 3 rings (SSSR count). The molecule has 2 atom stereocenters. The summed E-state index contributed by atoms with van der Waals surface area (Å²) in [5, 5.41) is 16.5. The molecule has 1 saturated heterocycles. The molecule has 2 amide bonds. The number of hydrogen-bond donors (Lipinski definition) is 2. The fourth-order valence-electron chi connectivity index (χ4n) is 3.19. The molecule has 2 N–H and O–H groups in total.